The predicted octanol–water partition coefficient (Wildman–Crippen LogP) is 3.95. The lowest BCUT2D eigenvalue weighted by Crippen LogP contribution is -2.35. The third-order valence-corrected chi connectivity index (χ3v) is 7.25. The Kier molecular flexibility index (Phi) is 6.75. The molecule has 1 aliphatic carbocycles. The number of halogens is 1. The maximum absolute atomic E-state index is 13.0. The molecule has 2 saturated heterocycles. The minimum absolute atomic E-state index is 0.0800. The van der Waals surface area contributed by atoms with Gasteiger partial charge >= 0.3 is 0 Å². The number of fused-ring (bicyclic) bond motifs is 3. The van der Waals surface area contributed by atoms with Crippen LogP contribution in [0.2, 0.25) is 5.02 Å². The molecule has 7 heteroatoms. The highest BCUT2D eigenvalue weighted by atomic mass is 35.5. The first-order chi connectivity index (χ1) is 15.3. The van der Waals surface area contributed by atoms with E-state index in [2.05, 4.69) is 0 Å². The van der Waals surface area contributed by atoms with Gasteiger partial charge in [0, 0.05) is 12.5 Å². The summed E-state index contributed by atoms with van der Waals surface area (Å²) in [5.41, 5.74) is 3.85. The van der Waals surface area contributed by atoms with Crippen LogP contribution in [0.25, 0.3) is 6.08 Å². The van der Waals surface area contributed by atoms with Crippen molar-refractivity contribution in [3.63, 3.8) is 0 Å². The zero-order valence-electron chi connectivity index (χ0n) is 18.5. The Bertz CT molecular complexity index is 985. The van der Waals surface area contributed by atoms with Gasteiger partial charge in [-0.25, -0.2) is 0 Å². The highest BCUT2D eigenvalue weighted by Gasteiger charge is 2.56. The fraction of sp³-hybridized carbons (Fsp3) is 0.520. The van der Waals surface area contributed by atoms with Gasteiger partial charge in [0.05, 0.1) is 36.2 Å². The van der Waals surface area contributed by atoms with Crippen molar-refractivity contribution in [2.45, 2.75) is 45.6 Å². The number of phenolic OH excluding ortho intramolecular Hbond substituents is 1. The number of imide groups is 1. The summed E-state index contributed by atoms with van der Waals surface area (Å²) in [4.78, 5) is 27.3. The molecule has 2 heterocycles. The van der Waals surface area contributed by atoms with Gasteiger partial charge in [0.2, 0.25) is 11.8 Å². The molecule has 1 aromatic rings. The Hall–Kier alpha value is -2.15. The van der Waals surface area contributed by atoms with E-state index in [-0.39, 0.29) is 48.0 Å². The van der Waals surface area contributed by atoms with E-state index >= 15 is 0 Å². The first-order valence-corrected chi connectivity index (χ1v) is 11.7. The van der Waals surface area contributed by atoms with E-state index in [0.717, 1.165) is 41.5 Å². The molecule has 1 aromatic carbocycles. The first kappa shape index (κ1) is 23.0. The van der Waals surface area contributed by atoms with Gasteiger partial charge in [0.1, 0.15) is 5.75 Å². The molecule has 0 saturated carbocycles. The summed E-state index contributed by atoms with van der Waals surface area (Å²) < 4.78 is 6.12. The van der Waals surface area contributed by atoms with Crippen molar-refractivity contribution in [2.24, 2.45) is 17.8 Å². The number of ether oxygens (including phenoxy) is 1. The van der Waals surface area contributed by atoms with Crippen LogP contribution in [-0.2, 0) is 14.3 Å². The van der Waals surface area contributed by atoms with Crippen molar-refractivity contribution in [3.05, 3.63) is 45.5 Å². The number of benzene rings is 1. The maximum Gasteiger partial charge on any atom is 0.233 e. The fourth-order valence-electron chi connectivity index (χ4n) is 5.46. The number of carbonyl (C=O) groups is 2. The van der Waals surface area contributed by atoms with Gasteiger partial charge < -0.3 is 14.9 Å². The lowest BCUT2D eigenvalue weighted by molar-refractivity contribution is -0.140. The number of phenols is 1. The van der Waals surface area contributed by atoms with Gasteiger partial charge in [-0.3, -0.25) is 14.5 Å². The van der Waals surface area contributed by atoms with Crippen molar-refractivity contribution in [1.82, 2.24) is 4.90 Å². The second-order valence-corrected chi connectivity index (χ2v) is 9.45. The van der Waals surface area contributed by atoms with E-state index in [9.17, 15) is 19.8 Å². The number of allylic oxidation sites excluding steroid dienone is 1. The van der Waals surface area contributed by atoms with Crippen LogP contribution in [0, 0.1) is 17.8 Å². The van der Waals surface area contributed by atoms with Crippen LogP contribution in [0.3, 0.4) is 0 Å². The highest BCUT2D eigenvalue weighted by molar-refractivity contribution is 6.32. The summed E-state index contributed by atoms with van der Waals surface area (Å²) >= 11 is 6.21. The lowest BCUT2D eigenvalue weighted by atomic mass is 9.69. The molecule has 3 aliphatic rings. The molecule has 2 N–H and O–H groups in total. The van der Waals surface area contributed by atoms with Gasteiger partial charge in [0.25, 0.3) is 0 Å². The number of aliphatic hydroxyl groups excluding tert-OH is 1. The van der Waals surface area contributed by atoms with Gasteiger partial charge in [0.15, 0.2) is 0 Å². The average molecular weight is 460 g/mol. The maximum atomic E-state index is 13.0. The van der Waals surface area contributed by atoms with Gasteiger partial charge in [-0.1, -0.05) is 30.2 Å². The minimum atomic E-state index is -0.370. The number of likely N-dealkylation sites (tertiary alicyclic amines) is 1. The molecular weight excluding hydrogens is 430 g/mol. The summed E-state index contributed by atoms with van der Waals surface area (Å²) in [6.07, 6.45) is 4.50. The van der Waals surface area contributed by atoms with E-state index in [1.807, 2.05) is 19.9 Å². The second kappa shape index (κ2) is 9.38. The number of carbonyl (C=O) groups excluding carboxylic acids is 2. The SMILES string of the molecule is CCCN1C(=O)[C@@H]2[C@@H](CC(CO)=C3[C@@H](CC/C(C)=C/c4ccc(O)cc4Cl)OC[C@@H]32)C1=O. The average Bonchev–Trinajstić information content (AvgIpc) is 3.29. The van der Waals surface area contributed by atoms with Gasteiger partial charge in [-0.05, 0) is 67.5 Å². The highest BCUT2D eigenvalue weighted by Crippen LogP contribution is 2.49. The largest absolute Gasteiger partial charge is 0.508 e. The Morgan fingerprint density at radius 1 is 1.28 bits per heavy atom. The number of hydrogen-bond donors (Lipinski definition) is 2. The van der Waals surface area contributed by atoms with Crippen molar-refractivity contribution >= 4 is 29.5 Å². The molecule has 2 fully saturated rings. The molecule has 0 unspecified atom stereocenters. The van der Waals surface area contributed by atoms with E-state index in [4.69, 9.17) is 16.3 Å². The standard InChI is InChI=1S/C25H30ClNO5/c1-3-8-27-24(30)18-10-16(12-28)22-19(23(18)25(27)31)13-32-21(22)7-4-14(2)9-15-5-6-17(29)11-20(15)26/h5-6,9,11,18-19,21,23,28-29H,3-4,7-8,10,12-13H2,1-2H3/b14-9+/t18-,19+,21-,23-/m1/s1. The number of aliphatic hydroxyl groups is 1. The van der Waals surface area contributed by atoms with Gasteiger partial charge in [-0.2, -0.15) is 0 Å². The number of hydrogen-bond acceptors (Lipinski definition) is 5. The van der Waals surface area contributed by atoms with Crippen molar-refractivity contribution in [2.75, 3.05) is 19.8 Å². The molecule has 2 amide bonds. The third kappa shape index (κ3) is 4.12. The van der Waals surface area contributed by atoms with Crippen molar-refractivity contribution in [1.29, 1.82) is 0 Å². The first-order valence-electron chi connectivity index (χ1n) is 11.3. The van der Waals surface area contributed by atoms with E-state index in [0.29, 0.717) is 24.6 Å². The topological polar surface area (TPSA) is 87.1 Å². The van der Waals surface area contributed by atoms with E-state index in [1.165, 1.54) is 11.0 Å². The third-order valence-electron chi connectivity index (χ3n) is 6.92. The van der Waals surface area contributed by atoms with Crippen molar-refractivity contribution < 1.29 is 24.5 Å². The fourth-order valence-corrected chi connectivity index (χ4v) is 5.69. The predicted molar refractivity (Wildman–Crippen MR) is 122 cm³/mol. The van der Waals surface area contributed by atoms with Crippen LogP contribution in [0.15, 0.2) is 34.9 Å². The Morgan fingerprint density at radius 3 is 2.75 bits per heavy atom. The van der Waals surface area contributed by atoms with Crippen LogP contribution in [0.4, 0.5) is 0 Å². The molecule has 32 heavy (non-hydrogen) atoms. The molecule has 0 radical (unpaired) electrons. The summed E-state index contributed by atoms with van der Waals surface area (Å²) in [5, 5.41) is 20.1. The van der Waals surface area contributed by atoms with E-state index < -0.39 is 0 Å². The number of amides is 2. The zero-order valence-corrected chi connectivity index (χ0v) is 19.3. The number of rotatable bonds is 7. The molecular formula is C25H30ClNO5. The van der Waals surface area contributed by atoms with Crippen LogP contribution in [-0.4, -0.2) is 52.8 Å². The molecule has 6 nitrogen and oxygen atoms in total. The minimum Gasteiger partial charge on any atom is -0.508 e. The quantitative estimate of drug-likeness (QED) is 0.476. The zero-order chi connectivity index (χ0) is 23.0. The normalized spacial score (nSPS) is 27.9. The smallest absolute Gasteiger partial charge is 0.233 e. The summed E-state index contributed by atoms with van der Waals surface area (Å²) in [5.74, 6) is -0.910. The van der Waals surface area contributed by atoms with Crippen LogP contribution in [0.5, 0.6) is 5.75 Å². The number of nitrogens with zero attached hydrogens (tertiary/aromatic N) is 1. The summed E-state index contributed by atoms with van der Waals surface area (Å²) in [6, 6.07) is 4.90. The summed E-state index contributed by atoms with van der Waals surface area (Å²) in [6.45, 7) is 4.74. The van der Waals surface area contributed by atoms with Crippen molar-refractivity contribution in [3.8, 4) is 5.75 Å². The molecule has 0 bridgehead atoms. The monoisotopic (exact) mass is 459 g/mol. The molecule has 4 atom stereocenters. The Labute approximate surface area is 193 Å². The number of aromatic hydroxyl groups is 1. The second-order valence-electron chi connectivity index (χ2n) is 9.05. The van der Waals surface area contributed by atoms with Crippen LogP contribution < -0.4 is 0 Å². The molecule has 172 valence electrons. The lowest BCUT2D eigenvalue weighted by Gasteiger charge is -2.31. The van der Waals surface area contributed by atoms with Crippen LogP contribution in [0.1, 0.15) is 45.1 Å². The van der Waals surface area contributed by atoms with Gasteiger partial charge in [-0.15, -0.1) is 0 Å². The molecule has 0 aromatic heterocycles. The molecule has 0 spiro atoms. The Morgan fingerprint density at radius 2 is 2.06 bits per heavy atom. The van der Waals surface area contributed by atoms with E-state index in [1.54, 1.807) is 12.1 Å². The molecule has 2 aliphatic heterocycles. The van der Waals surface area contributed by atoms with Crippen LogP contribution >= 0.6 is 11.6 Å². The summed E-state index contributed by atoms with van der Waals surface area (Å²) in [7, 11) is 0. The molecule has 4 rings (SSSR count). The Balaban J connectivity index is 1.51.